The standard InChI is InChI=1S/C9H4ClIN/c10-8-3-1-2-6-4-7(11)5-12-9(6)8/h2-5H. The molecule has 12 heavy (non-hydrogen) atoms. The summed E-state index contributed by atoms with van der Waals surface area (Å²) in [6.45, 7) is 0. The van der Waals surface area contributed by atoms with Crippen molar-refractivity contribution in [2.45, 2.75) is 0 Å². The van der Waals surface area contributed by atoms with Crippen molar-refractivity contribution in [3.8, 4) is 0 Å². The second-order valence-corrected chi connectivity index (χ2v) is 4.05. The van der Waals surface area contributed by atoms with Gasteiger partial charge in [-0.05, 0) is 46.9 Å². The highest BCUT2D eigenvalue weighted by atomic mass is 127. The molecule has 0 aliphatic carbocycles. The van der Waals surface area contributed by atoms with Crippen molar-refractivity contribution in [1.29, 1.82) is 0 Å². The molecule has 1 aromatic heterocycles. The van der Waals surface area contributed by atoms with Gasteiger partial charge in [0.25, 0.3) is 0 Å². The third-order valence-electron chi connectivity index (χ3n) is 1.56. The Labute approximate surface area is 88.9 Å². The van der Waals surface area contributed by atoms with Crippen molar-refractivity contribution >= 4 is 45.1 Å². The Morgan fingerprint density at radius 1 is 1.42 bits per heavy atom. The molecule has 1 heterocycles. The summed E-state index contributed by atoms with van der Waals surface area (Å²) >= 11 is 8.13. The van der Waals surface area contributed by atoms with Crippen LogP contribution in [0.5, 0.6) is 0 Å². The quantitative estimate of drug-likeness (QED) is 0.678. The fourth-order valence-electron chi connectivity index (χ4n) is 1.04. The first kappa shape index (κ1) is 8.26. The molecule has 2 aromatic rings. The van der Waals surface area contributed by atoms with Gasteiger partial charge in [0.2, 0.25) is 0 Å². The SMILES string of the molecule is Clc1c[c]cc2cc(I)cnc12. The third-order valence-corrected chi connectivity index (χ3v) is 2.44. The average Bonchev–Trinajstić information content (AvgIpc) is 2.04. The maximum atomic E-state index is 5.91. The van der Waals surface area contributed by atoms with E-state index < -0.39 is 0 Å². The highest BCUT2D eigenvalue weighted by Gasteiger charge is 1.99. The zero-order valence-electron chi connectivity index (χ0n) is 6.01. The number of rotatable bonds is 0. The topological polar surface area (TPSA) is 12.9 Å². The van der Waals surface area contributed by atoms with E-state index in [1.807, 2.05) is 12.1 Å². The van der Waals surface area contributed by atoms with Gasteiger partial charge in [0.05, 0.1) is 10.5 Å². The zero-order chi connectivity index (χ0) is 8.55. The van der Waals surface area contributed by atoms with Crippen LogP contribution in [0.2, 0.25) is 5.02 Å². The Morgan fingerprint density at radius 3 is 3.08 bits per heavy atom. The monoisotopic (exact) mass is 288 g/mol. The molecule has 0 atom stereocenters. The number of pyridine rings is 1. The van der Waals surface area contributed by atoms with E-state index in [1.165, 1.54) is 0 Å². The van der Waals surface area contributed by atoms with Crippen molar-refractivity contribution in [3.63, 3.8) is 0 Å². The molecule has 2 rings (SSSR count). The maximum Gasteiger partial charge on any atom is 0.0889 e. The fraction of sp³-hybridized carbons (Fsp3) is 0. The van der Waals surface area contributed by atoms with E-state index in [9.17, 15) is 0 Å². The van der Waals surface area contributed by atoms with Gasteiger partial charge in [0, 0.05) is 15.2 Å². The van der Waals surface area contributed by atoms with Gasteiger partial charge in [0.15, 0.2) is 0 Å². The summed E-state index contributed by atoms with van der Waals surface area (Å²) in [5, 5.41) is 1.69. The summed E-state index contributed by atoms with van der Waals surface area (Å²) in [4.78, 5) is 4.22. The Hall–Kier alpha value is -0.350. The lowest BCUT2D eigenvalue weighted by molar-refractivity contribution is 1.39. The van der Waals surface area contributed by atoms with Crippen molar-refractivity contribution in [2.75, 3.05) is 0 Å². The van der Waals surface area contributed by atoms with Crippen LogP contribution in [-0.2, 0) is 0 Å². The molecule has 1 nitrogen and oxygen atoms in total. The number of hydrogen-bond acceptors (Lipinski definition) is 1. The molecule has 0 bridgehead atoms. The van der Waals surface area contributed by atoms with Gasteiger partial charge in [-0.1, -0.05) is 11.6 Å². The second-order valence-electron chi connectivity index (χ2n) is 2.39. The minimum Gasteiger partial charge on any atom is -0.254 e. The van der Waals surface area contributed by atoms with E-state index in [1.54, 1.807) is 12.3 Å². The molecule has 0 fully saturated rings. The molecule has 0 spiro atoms. The van der Waals surface area contributed by atoms with Crippen LogP contribution < -0.4 is 0 Å². The van der Waals surface area contributed by atoms with Gasteiger partial charge in [-0.2, -0.15) is 0 Å². The van der Waals surface area contributed by atoms with Crippen molar-refractivity contribution in [1.82, 2.24) is 4.98 Å². The maximum absolute atomic E-state index is 5.91. The van der Waals surface area contributed by atoms with Crippen LogP contribution in [0.1, 0.15) is 0 Å². The van der Waals surface area contributed by atoms with E-state index in [0.717, 1.165) is 14.5 Å². The van der Waals surface area contributed by atoms with E-state index in [0.29, 0.717) is 5.02 Å². The Bertz CT molecular complexity index is 428. The lowest BCUT2D eigenvalue weighted by atomic mass is 10.2. The predicted molar refractivity (Wildman–Crippen MR) is 58.3 cm³/mol. The number of nitrogens with zero attached hydrogens (tertiary/aromatic N) is 1. The van der Waals surface area contributed by atoms with Gasteiger partial charge in [-0.3, -0.25) is 4.98 Å². The zero-order valence-corrected chi connectivity index (χ0v) is 8.93. The van der Waals surface area contributed by atoms with Crippen LogP contribution in [0, 0.1) is 9.64 Å². The average molecular weight is 288 g/mol. The van der Waals surface area contributed by atoms with Crippen LogP contribution in [0.15, 0.2) is 24.4 Å². The first-order valence-corrected chi connectivity index (χ1v) is 4.84. The molecule has 1 aromatic carbocycles. The molecule has 3 heteroatoms. The van der Waals surface area contributed by atoms with Crippen molar-refractivity contribution < 1.29 is 0 Å². The number of fused-ring (bicyclic) bond motifs is 1. The molecule has 0 aliphatic rings. The van der Waals surface area contributed by atoms with Gasteiger partial charge in [-0.25, -0.2) is 0 Å². The van der Waals surface area contributed by atoms with E-state index in [-0.39, 0.29) is 0 Å². The van der Waals surface area contributed by atoms with Crippen LogP contribution in [0.25, 0.3) is 10.9 Å². The molecular weight excluding hydrogens is 284 g/mol. The molecule has 0 saturated heterocycles. The summed E-state index contributed by atoms with van der Waals surface area (Å²) in [6.07, 6.45) is 1.80. The third kappa shape index (κ3) is 1.41. The Kier molecular flexibility index (Phi) is 2.19. The van der Waals surface area contributed by atoms with Gasteiger partial charge in [-0.15, -0.1) is 0 Å². The first-order chi connectivity index (χ1) is 5.77. The summed E-state index contributed by atoms with van der Waals surface area (Å²) in [6, 6.07) is 8.60. The summed E-state index contributed by atoms with van der Waals surface area (Å²) in [7, 11) is 0. The van der Waals surface area contributed by atoms with Gasteiger partial charge >= 0.3 is 0 Å². The normalized spacial score (nSPS) is 10.5. The van der Waals surface area contributed by atoms with Crippen LogP contribution >= 0.6 is 34.2 Å². The highest BCUT2D eigenvalue weighted by Crippen LogP contribution is 2.21. The van der Waals surface area contributed by atoms with E-state index in [2.05, 4.69) is 33.6 Å². The summed E-state index contributed by atoms with van der Waals surface area (Å²) in [5.41, 5.74) is 0.843. The Balaban J connectivity index is 2.86. The molecule has 0 unspecified atom stereocenters. The van der Waals surface area contributed by atoms with Crippen molar-refractivity contribution in [2.24, 2.45) is 0 Å². The van der Waals surface area contributed by atoms with E-state index >= 15 is 0 Å². The van der Waals surface area contributed by atoms with Gasteiger partial charge in [0.1, 0.15) is 0 Å². The number of benzene rings is 1. The summed E-state index contributed by atoms with van der Waals surface area (Å²) in [5.74, 6) is 0. The first-order valence-electron chi connectivity index (χ1n) is 3.38. The minimum absolute atomic E-state index is 0.656. The van der Waals surface area contributed by atoms with Crippen LogP contribution in [0.4, 0.5) is 0 Å². The number of aromatic nitrogens is 1. The molecule has 1 radical (unpaired) electrons. The second kappa shape index (κ2) is 3.18. The molecule has 0 N–H and O–H groups in total. The fourth-order valence-corrected chi connectivity index (χ4v) is 1.73. The molecule has 0 amide bonds. The summed E-state index contributed by atoms with van der Waals surface area (Å²) < 4.78 is 1.11. The van der Waals surface area contributed by atoms with Crippen LogP contribution in [0.3, 0.4) is 0 Å². The largest absolute Gasteiger partial charge is 0.254 e. The molecule has 59 valence electrons. The van der Waals surface area contributed by atoms with E-state index in [4.69, 9.17) is 11.6 Å². The lowest BCUT2D eigenvalue weighted by Gasteiger charge is -1.98. The highest BCUT2D eigenvalue weighted by molar-refractivity contribution is 14.1. The van der Waals surface area contributed by atoms with Gasteiger partial charge < -0.3 is 0 Å². The Morgan fingerprint density at radius 2 is 2.25 bits per heavy atom. The van der Waals surface area contributed by atoms with Crippen LogP contribution in [-0.4, -0.2) is 4.98 Å². The molecule has 0 aliphatic heterocycles. The molecular formula is C9H4ClIN. The number of halogens is 2. The lowest BCUT2D eigenvalue weighted by Crippen LogP contribution is -1.81. The minimum atomic E-state index is 0.656. The number of hydrogen-bond donors (Lipinski definition) is 0. The predicted octanol–water partition coefficient (Wildman–Crippen LogP) is 3.29. The molecule has 0 saturated carbocycles. The van der Waals surface area contributed by atoms with Crippen molar-refractivity contribution in [3.05, 3.63) is 39.1 Å². The smallest absolute Gasteiger partial charge is 0.0889 e.